The second-order valence-electron chi connectivity index (χ2n) is 9.46. The number of ether oxygens (including phenoxy) is 2. The summed E-state index contributed by atoms with van der Waals surface area (Å²) in [4.78, 5) is 46.6. The van der Waals surface area contributed by atoms with Gasteiger partial charge in [-0.15, -0.1) is 5.92 Å². The van der Waals surface area contributed by atoms with Crippen LogP contribution >= 0.6 is 0 Å². The van der Waals surface area contributed by atoms with Crippen molar-refractivity contribution in [2.45, 2.75) is 51.6 Å². The summed E-state index contributed by atoms with van der Waals surface area (Å²) in [5, 5.41) is 0. The Hall–Kier alpha value is -4.30. The standard InChI is InChI=1S/C27H30N6O5/c1-3-4-13-32-23-24(29-26(32)31-12-8-11-19(28)15-31)30(2)27(36)33(25(23)35)16-20(34)21-17-37-22(38-21)14-18-9-6-5-7-10-18/h5-7,9-10,17,19,22H,8,11-16,28H2,1-2H3. The summed E-state index contributed by atoms with van der Waals surface area (Å²) in [6.45, 7) is 2.73. The fourth-order valence-electron chi connectivity index (χ4n) is 4.82. The second kappa shape index (κ2) is 10.6. The van der Waals surface area contributed by atoms with Gasteiger partial charge in [-0.25, -0.2) is 4.79 Å². The molecule has 0 radical (unpaired) electrons. The molecule has 2 aliphatic rings. The van der Waals surface area contributed by atoms with Crippen LogP contribution < -0.4 is 21.9 Å². The molecule has 2 atom stereocenters. The van der Waals surface area contributed by atoms with Crippen molar-refractivity contribution in [3.8, 4) is 11.8 Å². The maximum Gasteiger partial charge on any atom is 0.332 e. The predicted octanol–water partition coefficient (Wildman–Crippen LogP) is 0.874. The lowest BCUT2D eigenvalue weighted by Crippen LogP contribution is -2.44. The molecule has 0 amide bonds. The zero-order chi connectivity index (χ0) is 26.8. The Morgan fingerprint density at radius 3 is 2.74 bits per heavy atom. The summed E-state index contributed by atoms with van der Waals surface area (Å²) < 4.78 is 15.1. The average Bonchev–Trinajstić information content (AvgIpc) is 3.54. The molecule has 2 unspecified atom stereocenters. The van der Waals surface area contributed by atoms with Crippen LogP contribution in [0.25, 0.3) is 11.2 Å². The molecule has 3 aromatic rings. The van der Waals surface area contributed by atoms with E-state index in [2.05, 4.69) is 16.8 Å². The van der Waals surface area contributed by atoms with E-state index in [1.165, 1.54) is 17.9 Å². The van der Waals surface area contributed by atoms with Crippen molar-refractivity contribution in [2.24, 2.45) is 12.8 Å². The van der Waals surface area contributed by atoms with Crippen molar-refractivity contribution >= 4 is 22.9 Å². The first kappa shape index (κ1) is 25.4. The monoisotopic (exact) mass is 518 g/mol. The van der Waals surface area contributed by atoms with Gasteiger partial charge in [0.1, 0.15) is 6.26 Å². The van der Waals surface area contributed by atoms with Gasteiger partial charge in [-0.1, -0.05) is 36.3 Å². The normalized spacial score (nSPS) is 18.9. The van der Waals surface area contributed by atoms with Gasteiger partial charge in [0, 0.05) is 32.6 Å². The minimum Gasteiger partial charge on any atom is -0.458 e. The third kappa shape index (κ3) is 4.82. The SMILES string of the molecule is CC#CCn1c(N2CCCC(N)C2)nc2c1c(=O)n(CC(=O)C1=COC(Cc3ccccc3)O1)c(=O)n2C. The number of ketones is 1. The van der Waals surface area contributed by atoms with Crippen molar-refractivity contribution in [1.29, 1.82) is 0 Å². The molecule has 11 heteroatoms. The quantitative estimate of drug-likeness (QED) is 0.457. The van der Waals surface area contributed by atoms with Crippen LogP contribution in [0.4, 0.5) is 5.95 Å². The Morgan fingerprint density at radius 2 is 2.00 bits per heavy atom. The number of imidazole rings is 1. The van der Waals surface area contributed by atoms with E-state index in [9.17, 15) is 14.4 Å². The van der Waals surface area contributed by atoms with Crippen molar-refractivity contribution in [2.75, 3.05) is 18.0 Å². The number of fused-ring (bicyclic) bond motifs is 1. The minimum absolute atomic E-state index is 0.0139. The fourth-order valence-corrected chi connectivity index (χ4v) is 4.82. The predicted molar refractivity (Wildman–Crippen MR) is 141 cm³/mol. The van der Waals surface area contributed by atoms with Crippen LogP contribution in [0, 0.1) is 11.8 Å². The maximum atomic E-state index is 13.7. The summed E-state index contributed by atoms with van der Waals surface area (Å²) in [6.07, 6.45) is 2.83. The Morgan fingerprint density at radius 1 is 1.21 bits per heavy atom. The van der Waals surface area contributed by atoms with E-state index in [1.54, 1.807) is 11.5 Å². The molecule has 1 aromatic carbocycles. The number of nitrogens with zero attached hydrogens (tertiary/aromatic N) is 5. The number of piperidine rings is 1. The smallest absolute Gasteiger partial charge is 0.332 e. The number of aryl methyl sites for hydroxylation is 1. The number of allylic oxidation sites excluding steroid dienone is 1. The molecule has 0 saturated carbocycles. The summed E-state index contributed by atoms with van der Waals surface area (Å²) in [5.74, 6) is 5.80. The summed E-state index contributed by atoms with van der Waals surface area (Å²) >= 11 is 0. The largest absolute Gasteiger partial charge is 0.458 e. The van der Waals surface area contributed by atoms with Crippen LogP contribution in [0.2, 0.25) is 0 Å². The summed E-state index contributed by atoms with van der Waals surface area (Å²) in [7, 11) is 1.53. The number of Topliss-reactive ketones (excluding diaryl/α,β-unsaturated/α-hetero) is 1. The molecule has 1 saturated heterocycles. The van der Waals surface area contributed by atoms with Gasteiger partial charge in [-0.05, 0) is 25.3 Å². The van der Waals surface area contributed by atoms with Crippen LogP contribution in [-0.2, 0) is 40.8 Å². The Kier molecular flexibility index (Phi) is 7.07. The van der Waals surface area contributed by atoms with Gasteiger partial charge < -0.3 is 20.1 Å². The molecule has 2 N–H and O–H groups in total. The molecule has 5 rings (SSSR count). The molecule has 0 aliphatic carbocycles. The number of anilines is 1. The Balaban J connectivity index is 1.46. The van der Waals surface area contributed by atoms with E-state index in [4.69, 9.17) is 15.2 Å². The molecule has 0 spiro atoms. The highest BCUT2D eigenvalue weighted by Crippen LogP contribution is 2.23. The topological polar surface area (TPSA) is 127 Å². The van der Waals surface area contributed by atoms with Crippen LogP contribution in [0.1, 0.15) is 25.3 Å². The number of benzene rings is 1. The molecule has 11 nitrogen and oxygen atoms in total. The number of carbonyl (C=O) groups is 1. The van der Waals surface area contributed by atoms with E-state index < -0.39 is 29.9 Å². The molecule has 1 fully saturated rings. The molecule has 2 aromatic heterocycles. The van der Waals surface area contributed by atoms with Gasteiger partial charge >= 0.3 is 5.69 Å². The van der Waals surface area contributed by atoms with E-state index in [1.807, 2.05) is 35.2 Å². The number of hydrogen-bond donors (Lipinski definition) is 1. The average molecular weight is 519 g/mol. The van der Waals surface area contributed by atoms with Crippen molar-refractivity contribution < 1.29 is 14.3 Å². The van der Waals surface area contributed by atoms with Crippen LogP contribution in [-0.4, -0.2) is 49.9 Å². The number of nitrogens with two attached hydrogens (primary N) is 1. The highest BCUT2D eigenvalue weighted by molar-refractivity contribution is 5.93. The molecule has 0 bridgehead atoms. The maximum absolute atomic E-state index is 13.7. The highest BCUT2D eigenvalue weighted by atomic mass is 16.7. The first-order chi connectivity index (χ1) is 18.4. The number of aromatic nitrogens is 4. The number of rotatable bonds is 7. The van der Waals surface area contributed by atoms with Crippen LogP contribution in [0.5, 0.6) is 0 Å². The van der Waals surface area contributed by atoms with Crippen LogP contribution in [0.15, 0.2) is 51.9 Å². The van der Waals surface area contributed by atoms with Crippen LogP contribution in [0.3, 0.4) is 0 Å². The molecule has 198 valence electrons. The third-order valence-corrected chi connectivity index (χ3v) is 6.77. The zero-order valence-electron chi connectivity index (χ0n) is 21.4. The number of carbonyl (C=O) groups excluding carboxylic acids is 1. The molecular formula is C27H30N6O5. The van der Waals surface area contributed by atoms with Gasteiger partial charge in [0.25, 0.3) is 5.56 Å². The molecule has 4 heterocycles. The lowest BCUT2D eigenvalue weighted by Gasteiger charge is -2.31. The summed E-state index contributed by atoms with van der Waals surface area (Å²) in [6, 6.07) is 9.58. The zero-order valence-corrected chi connectivity index (χ0v) is 21.4. The van der Waals surface area contributed by atoms with Crippen molar-refractivity contribution in [3.63, 3.8) is 0 Å². The summed E-state index contributed by atoms with van der Waals surface area (Å²) in [5.41, 5.74) is 6.35. The lowest BCUT2D eigenvalue weighted by molar-refractivity contribution is -0.122. The Labute approximate surface area is 219 Å². The molecule has 2 aliphatic heterocycles. The first-order valence-electron chi connectivity index (χ1n) is 12.6. The van der Waals surface area contributed by atoms with Gasteiger partial charge in [-0.3, -0.25) is 23.3 Å². The molecule has 38 heavy (non-hydrogen) atoms. The van der Waals surface area contributed by atoms with E-state index in [0.29, 0.717) is 18.9 Å². The van der Waals surface area contributed by atoms with Gasteiger partial charge in [-0.2, -0.15) is 4.98 Å². The second-order valence-corrected chi connectivity index (χ2v) is 9.46. The lowest BCUT2D eigenvalue weighted by atomic mass is 10.1. The van der Waals surface area contributed by atoms with Gasteiger partial charge in [0.2, 0.25) is 23.8 Å². The highest BCUT2D eigenvalue weighted by Gasteiger charge is 2.29. The minimum atomic E-state index is -0.661. The third-order valence-electron chi connectivity index (χ3n) is 6.77. The van der Waals surface area contributed by atoms with E-state index in [-0.39, 0.29) is 29.5 Å². The van der Waals surface area contributed by atoms with Crippen molar-refractivity contribution in [1.82, 2.24) is 18.7 Å². The van der Waals surface area contributed by atoms with E-state index >= 15 is 0 Å². The van der Waals surface area contributed by atoms with Crippen molar-refractivity contribution in [3.05, 3.63) is 68.8 Å². The van der Waals surface area contributed by atoms with Gasteiger partial charge in [0.05, 0.1) is 13.1 Å². The Bertz CT molecular complexity index is 1570. The first-order valence-corrected chi connectivity index (χ1v) is 12.6. The molecular weight excluding hydrogens is 488 g/mol. The fraction of sp³-hybridized carbons (Fsp3) is 0.407. The van der Waals surface area contributed by atoms with Gasteiger partial charge in [0.15, 0.2) is 11.2 Å². The number of hydrogen-bond acceptors (Lipinski definition) is 8. The van der Waals surface area contributed by atoms with E-state index in [0.717, 1.165) is 29.5 Å².